The third-order valence-electron chi connectivity index (χ3n) is 4.53. The molecular weight excluding hydrogens is 305 g/mol. The smallest absolute Gasteiger partial charge is 0.254 e. The van der Waals surface area contributed by atoms with Crippen molar-refractivity contribution in [1.29, 1.82) is 0 Å². The molecule has 0 N–H and O–H groups in total. The van der Waals surface area contributed by atoms with E-state index in [0.717, 1.165) is 24.8 Å². The molecule has 3 rings (SSSR count). The first-order valence-corrected chi connectivity index (χ1v) is 8.23. The highest BCUT2D eigenvalue weighted by atomic mass is 19.1. The zero-order valence-electron chi connectivity index (χ0n) is 13.7. The summed E-state index contributed by atoms with van der Waals surface area (Å²) in [6.07, 6.45) is 2.86. The number of carbonyl (C=O) groups is 2. The number of amides is 1. The summed E-state index contributed by atoms with van der Waals surface area (Å²) in [6.45, 7) is 2.16. The fourth-order valence-electron chi connectivity index (χ4n) is 3.24. The van der Waals surface area contributed by atoms with Crippen molar-refractivity contribution in [2.45, 2.75) is 32.2 Å². The Labute approximate surface area is 141 Å². The minimum Gasteiger partial charge on any atom is -0.332 e. The summed E-state index contributed by atoms with van der Waals surface area (Å²) in [5.74, 6) is -0.410. The number of hydrogen-bond donors (Lipinski definition) is 0. The van der Waals surface area contributed by atoms with Gasteiger partial charge in [-0.1, -0.05) is 24.3 Å². The van der Waals surface area contributed by atoms with Gasteiger partial charge >= 0.3 is 0 Å². The Morgan fingerprint density at radius 3 is 2.46 bits per heavy atom. The van der Waals surface area contributed by atoms with E-state index in [2.05, 4.69) is 0 Å². The molecule has 3 nitrogen and oxygen atoms in total. The maximum atomic E-state index is 13.2. The van der Waals surface area contributed by atoms with Crippen LogP contribution in [0.4, 0.5) is 4.39 Å². The van der Waals surface area contributed by atoms with Crippen molar-refractivity contribution >= 4 is 11.7 Å². The molecule has 1 saturated heterocycles. The van der Waals surface area contributed by atoms with E-state index in [-0.39, 0.29) is 23.5 Å². The lowest BCUT2D eigenvalue weighted by molar-refractivity contribution is 0.0611. The SMILES string of the molecule is CC(=O)c1cccc(C(=O)N2CCCC[C@@H]2c2ccc(F)cc2)c1. The van der Waals surface area contributed by atoms with E-state index >= 15 is 0 Å². The zero-order chi connectivity index (χ0) is 17.1. The maximum absolute atomic E-state index is 13.2. The molecule has 0 aromatic heterocycles. The number of likely N-dealkylation sites (tertiary alicyclic amines) is 1. The lowest BCUT2D eigenvalue weighted by Gasteiger charge is -2.36. The molecule has 2 aromatic carbocycles. The van der Waals surface area contributed by atoms with Crippen LogP contribution >= 0.6 is 0 Å². The molecule has 1 aliphatic heterocycles. The molecule has 4 heteroatoms. The molecule has 0 spiro atoms. The summed E-state index contributed by atoms with van der Waals surface area (Å²) in [5.41, 5.74) is 2.01. The van der Waals surface area contributed by atoms with Crippen molar-refractivity contribution in [3.8, 4) is 0 Å². The van der Waals surface area contributed by atoms with Crippen LogP contribution in [0, 0.1) is 5.82 Å². The summed E-state index contributed by atoms with van der Waals surface area (Å²) in [6, 6.07) is 13.2. The van der Waals surface area contributed by atoms with Gasteiger partial charge in [-0.15, -0.1) is 0 Å². The van der Waals surface area contributed by atoms with Gasteiger partial charge in [0.25, 0.3) is 5.91 Å². The van der Waals surface area contributed by atoms with Crippen molar-refractivity contribution < 1.29 is 14.0 Å². The third kappa shape index (κ3) is 3.37. The highest BCUT2D eigenvalue weighted by Gasteiger charge is 2.28. The van der Waals surface area contributed by atoms with Crippen LogP contribution in [0.1, 0.15) is 58.5 Å². The van der Waals surface area contributed by atoms with Crippen LogP contribution in [0.15, 0.2) is 48.5 Å². The molecule has 1 heterocycles. The molecule has 0 saturated carbocycles. The van der Waals surface area contributed by atoms with Gasteiger partial charge in [-0.3, -0.25) is 9.59 Å². The van der Waals surface area contributed by atoms with Gasteiger partial charge in [0.2, 0.25) is 0 Å². The van der Waals surface area contributed by atoms with Crippen molar-refractivity contribution in [3.63, 3.8) is 0 Å². The van der Waals surface area contributed by atoms with Crippen LogP contribution in [0.3, 0.4) is 0 Å². The fourth-order valence-corrected chi connectivity index (χ4v) is 3.24. The van der Waals surface area contributed by atoms with Crippen molar-refractivity contribution in [3.05, 3.63) is 71.0 Å². The molecule has 124 valence electrons. The average Bonchev–Trinajstić information content (AvgIpc) is 2.62. The van der Waals surface area contributed by atoms with Crippen LogP contribution in [0.2, 0.25) is 0 Å². The number of Topliss-reactive ketones (excluding diaryl/α,β-unsaturated/α-hetero) is 1. The average molecular weight is 325 g/mol. The Morgan fingerprint density at radius 1 is 1.04 bits per heavy atom. The number of halogens is 1. The van der Waals surface area contributed by atoms with Gasteiger partial charge in [0.05, 0.1) is 6.04 Å². The first kappa shape index (κ1) is 16.4. The Balaban J connectivity index is 1.90. The molecule has 1 fully saturated rings. The van der Waals surface area contributed by atoms with Gasteiger partial charge in [0, 0.05) is 17.7 Å². The van der Waals surface area contributed by atoms with E-state index in [1.54, 1.807) is 36.4 Å². The summed E-state index contributed by atoms with van der Waals surface area (Å²) < 4.78 is 13.2. The number of carbonyl (C=O) groups excluding carboxylic acids is 2. The highest BCUT2D eigenvalue weighted by Crippen LogP contribution is 2.32. The molecular formula is C20H20FNO2. The normalized spacial score (nSPS) is 17.6. The summed E-state index contributed by atoms with van der Waals surface area (Å²) in [5, 5.41) is 0. The Bertz CT molecular complexity index is 754. The molecule has 1 aliphatic rings. The van der Waals surface area contributed by atoms with Crippen LogP contribution in [-0.2, 0) is 0 Å². The topological polar surface area (TPSA) is 37.4 Å². The highest BCUT2D eigenvalue weighted by molar-refractivity contribution is 5.99. The quantitative estimate of drug-likeness (QED) is 0.785. The minimum absolute atomic E-state index is 0.0483. The molecule has 0 bridgehead atoms. The van der Waals surface area contributed by atoms with E-state index < -0.39 is 0 Å². The second-order valence-corrected chi connectivity index (χ2v) is 6.20. The summed E-state index contributed by atoms with van der Waals surface area (Å²) in [4.78, 5) is 26.4. The number of hydrogen-bond acceptors (Lipinski definition) is 2. The molecule has 0 radical (unpaired) electrons. The first-order chi connectivity index (χ1) is 11.6. The van der Waals surface area contributed by atoms with Gasteiger partial charge in [-0.2, -0.15) is 0 Å². The van der Waals surface area contributed by atoms with Gasteiger partial charge in [-0.25, -0.2) is 4.39 Å². The van der Waals surface area contributed by atoms with Crippen molar-refractivity contribution in [1.82, 2.24) is 4.90 Å². The second-order valence-electron chi connectivity index (χ2n) is 6.20. The minimum atomic E-state index is -0.276. The van der Waals surface area contributed by atoms with Gasteiger partial charge in [0.1, 0.15) is 5.82 Å². The zero-order valence-corrected chi connectivity index (χ0v) is 13.7. The van der Waals surface area contributed by atoms with Gasteiger partial charge in [-0.05, 0) is 56.0 Å². The van der Waals surface area contributed by atoms with Crippen LogP contribution in [0.25, 0.3) is 0 Å². The molecule has 1 amide bonds. The Hall–Kier alpha value is -2.49. The number of piperidine rings is 1. The molecule has 0 aliphatic carbocycles. The van der Waals surface area contributed by atoms with E-state index in [9.17, 15) is 14.0 Å². The number of benzene rings is 2. The van der Waals surface area contributed by atoms with E-state index in [0.29, 0.717) is 17.7 Å². The number of ketones is 1. The van der Waals surface area contributed by atoms with Crippen LogP contribution in [-0.4, -0.2) is 23.1 Å². The molecule has 1 atom stereocenters. The second kappa shape index (κ2) is 6.95. The van der Waals surface area contributed by atoms with E-state index in [1.807, 2.05) is 4.90 Å². The Morgan fingerprint density at radius 2 is 1.75 bits per heavy atom. The van der Waals surface area contributed by atoms with Gasteiger partial charge < -0.3 is 4.90 Å². The summed E-state index contributed by atoms with van der Waals surface area (Å²) in [7, 11) is 0. The third-order valence-corrected chi connectivity index (χ3v) is 4.53. The van der Waals surface area contributed by atoms with E-state index in [4.69, 9.17) is 0 Å². The molecule has 2 aromatic rings. The van der Waals surface area contributed by atoms with Crippen LogP contribution in [0.5, 0.6) is 0 Å². The van der Waals surface area contributed by atoms with Gasteiger partial charge in [0.15, 0.2) is 5.78 Å². The van der Waals surface area contributed by atoms with Crippen molar-refractivity contribution in [2.75, 3.05) is 6.54 Å². The lowest BCUT2D eigenvalue weighted by atomic mass is 9.94. The predicted octanol–water partition coefficient (Wildman–Crippen LogP) is 4.40. The van der Waals surface area contributed by atoms with Crippen LogP contribution < -0.4 is 0 Å². The van der Waals surface area contributed by atoms with E-state index in [1.165, 1.54) is 19.1 Å². The number of rotatable bonds is 3. The standard InChI is InChI=1S/C20H20FNO2/c1-14(23)16-5-4-6-17(13-16)20(24)22-12-3-2-7-19(22)15-8-10-18(21)11-9-15/h4-6,8-11,13,19H,2-3,7,12H2,1H3/t19-/m1/s1. The lowest BCUT2D eigenvalue weighted by Crippen LogP contribution is -2.38. The fraction of sp³-hybridized carbons (Fsp3) is 0.300. The maximum Gasteiger partial charge on any atom is 0.254 e. The summed E-state index contributed by atoms with van der Waals surface area (Å²) >= 11 is 0. The van der Waals surface area contributed by atoms with Crippen molar-refractivity contribution in [2.24, 2.45) is 0 Å². The monoisotopic (exact) mass is 325 g/mol. The number of nitrogens with zero attached hydrogens (tertiary/aromatic N) is 1. The predicted molar refractivity (Wildman–Crippen MR) is 90.5 cm³/mol. The molecule has 24 heavy (non-hydrogen) atoms. The molecule has 0 unspecified atom stereocenters. The largest absolute Gasteiger partial charge is 0.332 e. The first-order valence-electron chi connectivity index (χ1n) is 8.23. The Kier molecular flexibility index (Phi) is 4.74.